The quantitative estimate of drug-likeness (QED) is 0.0261. The normalized spacial score (nSPS) is 18.9. The van der Waals surface area contributed by atoms with Crippen molar-refractivity contribution in [3.8, 4) is 0 Å². The largest absolute Gasteiger partial charge is 0.394 e. The van der Waals surface area contributed by atoms with E-state index in [1.54, 1.807) is 6.08 Å². The third-order valence-corrected chi connectivity index (χ3v) is 15.9. The molecule has 0 bridgehead atoms. The number of nitrogens with one attached hydrogen (secondary N) is 1. The first-order chi connectivity index (χ1) is 42.8. The molecular formula is C78H131NO8. The molecule has 0 radical (unpaired) electrons. The molecule has 9 heteroatoms. The molecule has 6 N–H and O–H groups in total. The highest BCUT2D eigenvalue weighted by molar-refractivity contribution is 5.76. The Hall–Kier alpha value is -3.93. The number of allylic oxidation sites excluding steroid dienone is 23. The van der Waals surface area contributed by atoms with E-state index in [1.165, 1.54) is 148 Å². The molecule has 7 atom stereocenters. The van der Waals surface area contributed by atoms with E-state index in [-0.39, 0.29) is 12.5 Å². The molecular weight excluding hydrogens is 1080 g/mol. The van der Waals surface area contributed by atoms with E-state index in [0.29, 0.717) is 6.42 Å². The van der Waals surface area contributed by atoms with Gasteiger partial charge in [0, 0.05) is 6.42 Å². The number of amides is 1. The summed E-state index contributed by atoms with van der Waals surface area (Å²) in [4.78, 5) is 13.1. The van der Waals surface area contributed by atoms with Crippen molar-refractivity contribution in [2.75, 3.05) is 13.2 Å². The van der Waals surface area contributed by atoms with Crippen LogP contribution in [0, 0.1) is 0 Å². The van der Waals surface area contributed by atoms with Crippen LogP contribution in [0.4, 0.5) is 0 Å². The predicted molar refractivity (Wildman–Crippen MR) is 373 cm³/mol. The number of hydrogen-bond donors (Lipinski definition) is 6. The molecule has 0 aromatic carbocycles. The molecule has 87 heavy (non-hydrogen) atoms. The van der Waals surface area contributed by atoms with Gasteiger partial charge in [0.05, 0.1) is 25.4 Å². The Morgan fingerprint density at radius 2 is 0.724 bits per heavy atom. The third kappa shape index (κ3) is 53.6. The van der Waals surface area contributed by atoms with E-state index in [1.807, 2.05) is 6.08 Å². The third-order valence-electron chi connectivity index (χ3n) is 15.9. The van der Waals surface area contributed by atoms with E-state index in [2.05, 4.69) is 153 Å². The van der Waals surface area contributed by atoms with Gasteiger partial charge in [-0.15, -0.1) is 0 Å². The van der Waals surface area contributed by atoms with Gasteiger partial charge in [-0.1, -0.05) is 314 Å². The monoisotopic (exact) mass is 1210 g/mol. The van der Waals surface area contributed by atoms with E-state index in [9.17, 15) is 30.3 Å². The maximum Gasteiger partial charge on any atom is 0.220 e. The van der Waals surface area contributed by atoms with Crippen LogP contribution in [0.15, 0.2) is 146 Å². The van der Waals surface area contributed by atoms with Crippen LogP contribution >= 0.6 is 0 Å². The smallest absolute Gasteiger partial charge is 0.220 e. The van der Waals surface area contributed by atoms with Gasteiger partial charge in [-0.2, -0.15) is 0 Å². The highest BCUT2D eigenvalue weighted by atomic mass is 16.7. The van der Waals surface area contributed by atoms with Crippen LogP contribution in [0.2, 0.25) is 0 Å². The fourth-order valence-electron chi connectivity index (χ4n) is 10.4. The Morgan fingerprint density at radius 1 is 0.402 bits per heavy atom. The molecule has 0 aliphatic carbocycles. The van der Waals surface area contributed by atoms with E-state index in [4.69, 9.17) is 9.47 Å². The van der Waals surface area contributed by atoms with E-state index < -0.39 is 49.5 Å². The summed E-state index contributed by atoms with van der Waals surface area (Å²) in [7, 11) is 0. The first-order valence-corrected chi connectivity index (χ1v) is 35.6. The summed E-state index contributed by atoms with van der Waals surface area (Å²) in [5.41, 5.74) is 0. The molecule has 1 rings (SSSR count). The zero-order chi connectivity index (χ0) is 62.8. The number of carbonyl (C=O) groups excluding carboxylic acids is 1. The summed E-state index contributed by atoms with van der Waals surface area (Å²) in [6.45, 7) is 3.66. The number of aliphatic hydroxyl groups is 5. The van der Waals surface area contributed by atoms with Crippen LogP contribution in [-0.2, 0) is 14.3 Å². The molecule has 0 spiro atoms. The van der Waals surface area contributed by atoms with Crippen molar-refractivity contribution in [3.05, 3.63) is 146 Å². The van der Waals surface area contributed by atoms with Crippen LogP contribution < -0.4 is 5.32 Å². The first-order valence-electron chi connectivity index (χ1n) is 35.6. The maximum absolute atomic E-state index is 13.1. The SMILES string of the molecule is CC/C=C\C/C=C\C/C=C\C/C=C\C/C=C\C/C=C\C/C=C\C/C=C\C/C=C\C/C=C\CCCCCCCCCCC(=O)NC(COC1OC(CO)C(O)C(O)C1O)C(O)/C=C/CC/C=C/CCCCCCCCCCCCCCCCCCCCC. The van der Waals surface area contributed by atoms with E-state index >= 15 is 0 Å². The van der Waals surface area contributed by atoms with Crippen LogP contribution in [0.3, 0.4) is 0 Å². The number of unbranched alkanes of at least 4 members (excludes halogenated alkanes) is 28. The molecule has 1 amide bonds. The van der Waals surface area contributed by atoms with Gasteiger partial charge in [-0.3, -0.25) is 4.79 Å². The highest BCUT2D eigenvalue weighted by Crippen LogP contribution is 2.23. The van der Waals surface area contributed by atoms with Crippen LogP contribution in [-0.4, -0.2) is 87.5 Å². The number of hydrogen-bond acceptors (Lipinski definition) is 8. The summed E-state index contributed by atoms with van der Waals surface area (Å²) < 4.78 is 11.3. The van der Waals surface area contributed by atoms with Crippen LogP contribution in [0.1, 0.15) is 284 Å². The zero-order valence-electron chi connectivity index (χ0n) is 55.5. The summed E-state index contributed by atoms with van der Waals surface area (Å²) in [6, 6.07) is -0.838. The first kappa shape index (κ1) is 81.1. The fraction of sp³-hybridized carbons (Fsp3) is 0.679. The molecule has 1 saturated heterocycles. The van der Waals surface area contributed by atoms with Gasteiger partial charge < -0.3 is 40.3 Å². The van der Waals surface area contributed by atoms with Gasteiger partial charge in [0.15, 0.2) is 6.29 Å². The van der Waals surface area contributed by atoms with Crippen molar-refractivity contribution < 1.29 is 39.8 Å². The van der Waals surface area contributed by atoms with Crippen LogP contribution in [0.5, 0.6) is 0 Å². The average molecular weight is 1210 g/mol. The van der Waals surface area contributed by atoms with Crippen molar-refractivity contribution in [1.82, 2.24) is 5.32 Å². The second-order valence-corrected chi connectivity index (χ2v) is 23.9. The van der Waals surface area contributed by atoms with Crippen molar-refractivity contribution in [2.24, 2.45) is 0 Å². The van der Waals surface area contributed by atoms with Crippen LogP contribution in [0.25, 0.3) is 0 Å². The van der Waals surface area contributed by atoms with Gasteiger partial charge in [0.2, 0.25) is 5.91 Å². The summed E-state index contributed by atoms with van der Waals surface area (Å²) >= 11 is 0. The zero-order valence-corrected chi connectivity index (χ0v) is 55.5. The summed E-state index contributed by atoms with van der Waals surface area (Å²) in [5.74, 6) is -0.199. The van der Waals surface area contributed by atoms with Gasteiger partial charge >= 0.3 is 0 Å². The molecule has 0 saturated carbocycles. The van der Waals surface area contributed by atoms with Crippen molar-refractivity contribution in [2.45, 2.75) is 326 Å². The minimum absolute atomic E-state index is 0.199. The number of aliphatic hydroxyl groups excluding tert-OH is 5. The van der Waals surface area contributed by atoms with Crippen molar-refractivity contribution in [1.29, 1.82) is 0 Å². The molecule has 1 aliphatic heterocycles. The standard InChI is InChI=1S/C78H131NO8/c1-3-5-7-9-11-13-15-17-19-21-23-25-27-29-30-31-32-33-34-35-36-37-38-39-40-41-42-44-46-48-50-52-54-56-58-60-62-64-66-68-74(82)79-71(70-86-78-77(85)76(84)75(83)73(69-80)87-78)72(81)67-65-63-61-59-57-55-53-51-49-47-45-43-28-26-24-22-20-18-16-14-12-10-8-6-4-2/h5,7,11,13,17,19,23,25,29-30,32-33,35-36,38-39,41-42,46,48,57,59,65,67,71-73,75-78,80-81,83-85H,3-4,6,8-10,12,14-16,18,20-22,24,26-28,31,34,37,40,43-45,47,49-56,58,60-64,66,68-70H2,1-2H3,(H,79,82)/b7-5-,13-11-,19-17-,25-23-,30-29-,33-32-,36-35-,39-38-,42-41-,48-46-,59-57+,67-65+. The number of ether oxygens (including phenoxy) is 2. The minimum atomic E-state index is -1.58. The van der Waals surface area contributed by atoms with Crippen molar-refractivity contribution >= 4 is 5.91 Å². The molecule has 1 fully saturated rings. The molecule has 9 nitrogen and oxygen atoms in total. The Morgan fingerprint density at radius 3 is 1.10 bits per heavy atom. The lowest BCUT2D eigenvalue weighted by molar-refractivity contribution is -0.302. The molecule has 7 unspecified atom stereocenters. The number of rotatable bonds is 60. The minimum Gasteiger partial charge on any atom is -0.394 e. The molecule has 496 valence electrons. The Kier molecular flexibility index (Phi) is 60.6. The lowest BCUT2D eigenvalue weighted by Gasteiger charge is -2.40. The second kappa shape index (κ2) is 65.0. The molecule has 0 aromatic rings. The summed E-state index contributed by atoms with van der Waals surface area (Å²) in [5, 5.41) is 54.7. The fourth-order valence-corrected chi connectivity index (χ4v) is 10.4. The number of carbonyl (C=O) groups is 1. The second-order valence-electron chi connectivity index (χ2n) is 23.9. The van der Waals surface area contributed by atoms with E-state index in [0.717, 1.165) is 116 Å². The lowest BCUT2D eigenvalue weighted by Crippen LogP contribution is -2.60. The molecule has 0 aromatic heterocycles. The van der Waals surface area contributed by atoms with Gasteiger partial charge in [-0.05, 0) is 109 Å². The Labute approximate surface area is 533 Å². The maximum atomic E-state index is 13.1. The van der Waals surface area contributed by atoms with Gasteiger partial charge in [0.1, 0.15) is 24.4 Å². The Balaban J connectivity index is 2.18. The summed E-state index contributed by atoms with van der Waals surface area (Å²) in [6.07, 6.45) is 93.7. The lowest BCUT2D eigenvalue weighted by atomic mass is 9.99. The Bertz CT molecular complexity index is 1890. The average Bonchev–Trinajstić information content (AvgIpc) is 3.38. The van der Waals surface area contributed by atoms with Gasteiger partial charge in [0.25, 0.3) is 0 Å². The topological polar surface area (TPSA) is 149 Å². The highest BCUT2D eigenvalue weighted by Gasteiger charge is 2.44. The molecule has 1 heterocycles. The predicted octanol–water partition coefficient (Wildman–Crippen LogP) is 19.7. The van der Waals surface area contributed by atoms with Gasteiger partial charge in [-0.25, -0.2) is 0 Å². The molecule has 1 aliphatic rings. The van der Waals surface area contributed by atoms with Crippen molar-refractivity contribution in [3.63, 3.8) is 0 Å².